The molecule has 0 saturated heterocycles. The molecular weight excluding hydrogens is 224 g/mol. The lowest BCUT2D eigenvalue weighted by molar-refractivity contribution is 0.0695. The fourth-order valence-corrected chi connectivity index (χ4v) is 1.79. The third kappa shape index (κ3) is 4.25. The molecule has 0 aliphatic rings. The molecule has 0 aliphatic carbocycles. The number of aryl methyl sites for hydroxylation is 1. The highest BCUT2D eigenvalue weighted by Gasteiger charge is 2.09. The molecular formula is C16H20O2. The van der Waals surface area contributed by atoms with Gasteiger partial charge in [-0.05, 0) is 36.6 Å². The van der Waals surface area contributed by atoms with E-state index in [1.165, 1.54) is 0 Å². The summed E-state index contributed by atoms with van der Waals surface area (Å²) in [6.07, 6.45) is 4.88. The van der Waals surface area contributed by atoms with Crippen molar-refractivity contribution in [3.63, 3.8) is 0 Å². The van der Waals surface area contributed by atoms with Gasteiger partial charge in [-0.15, -0.1) is 0 Å². The van der Waals surface area contributed by atoms with E-state index in [9.17, 15) is 4.79 Å². The van der Waals surface area contributed by atoms with Gasteiger partial charge in [0.05, 0.1) is 5.56 Å². The molecule has 0 heterocycles. The lowest BCUT2D eigenvalue weighted by Crippen LogP contribution is -2.02. The smallest absolute Gasteiger partial charge is 0.335 e. The van der Waals surface area contributed by atoms with Crippen LogP contribution in [-0.2, 0) is 6.42 Å². The highest BCUT2D eigenvalue weighted by Crippen LogP contribution is 2.14. The Morgan fingerprint density at radius 3 is 2.67 bits per heavy atom. The van der Waals surface area contributed by atoms with Crippen molar-refractivity contribution in [1.82, 2.24) is 0 Å². The van der Waals surface area contributed by atoms with Crippen molar-refractivity contribution >= 4 is 5.97 Å². The van der Waals surface area contributed by atoms with Gasteiger partial charge in [0.1, 0.15) is 0 Å². The van der Waals surface area contributed by atoms with Crippen molar-refractivity contribution in [1.29, 1.82) is 0 Å². The standard InChI is InChI=1S/C16H20O2/c1-3-5-6-7-9-13-10-11-15(16(17)18)14(12-13)8-4-2/h10-12H,3-6,8H2,1-2H3,(H,17,18). The van der Waals surface area contributed by atoms with Crippen molar-refractivity contribution in [3.05, 3.63) is 34.9 Å². The van der Waals surface area contributed by atoms with Gasteiger partial charge in [-0.1, -0.05) is 38.5 Å². The Morgan fingerprint density at radius 2 is 2.06 bits per heavy atom. The van der Waals surface area contributed by atoms with Crippen molar-refractivity contribution in [2.24, 2.45) is 0 Å². The van der Waals surface area contributed by atoms with Crippen LogP contribution in [0.15, 0.2) is 18.2 Å². The second kappa shape index (κ2) is 7.55. The average molecular weight is 244 g/mol. The van der Waals surface area contributed by atoms with Gasteiger partial charge in [-0.3, -0.25) is 0 Å². The quantitative estimate of drug-likeness (QED) is 0.630. The van der Waals surface area contributed by atoms with Crippen LogP contribution in [0.4, 0.5) is 0 Å². The number of benzene rings is 1. The van der Waals surface area contributed by atoms with Crippen LogP contribution < -0.4 is 0 Å². The van der Waals surface area contributed by atoms with Gasteiger partial charge < -0.3 is 5.11 Å². The normalized spacial score (nSPS) is 9.67. The van der Waals surface area contributed by atoms with E-state index < -0.39 is 5.97 Å². The summed E-state index contributed by atoms with van der Waals surface area (Å²) < 4.78 is 0. The number of rotatable bonds is 5. The first-order valence-electron chi connectivity index (χ1n) is 6.54. The van der Waals surface area contributed by atoms with E-state index in [1.807, 2.05) is 13.0 Å². The summed E-state index contributed by atoms with van der Waals surface area (Å²) in [6, 6.07) is 5.37. The molecule has 0 aliphatic heterocycles. The molecule has 18 heavy (non-hydrogen) atoms. The van der Waals surface area contributed by atoms with E-state index in [4.69, 9.17) is 5.11 Å². The molecule has 0 spiro atoms. The SMILES string of the molecule is CCCCC#Cc1ccc(C(=O)O)c(CCC)c1. The first-order chi connectivity index (χ1) is 8.69. The van der Waals surface area contributed by atoms with E-state index in [-0.39, 0.29) is 0 Å². The second-order valence-corrected chi connectivity index (χ2v) is 4.33. The lowest BCUT2D eigenvalue weighted by Gasteiger charge is -2.05. The van der Waals surface area contributed by atoms with Crippen molar-refractivity contribution in [3.8, 4) is 11.8 Å². The van der Waals surface area contributed by atoms with Gasteiger partial charge in [0.15, 0.2) is 0 Å². The highest BCUT2D eigenvalue weighted by atomic mass is 16.4. The van der Waals surface area contributed by atoms with Gasteiger partial charge in [0.25, 0.3) is 0 Å². The van der Waals surface area contributed by atoms with E-state index in [1.54, 1.807) is 12.1 Å². The van der Waals surface area contributed by atoms with Crippen LogP contribution in [0, 0.1) is 11.8 Å². The van der Waals surface area contributed by atoms with Gasteiger partial charge in [-0.25, -0.2) is 4.79 Å². The van der Waals surface area contributed by atoms with Crippen LogP contribution in [0.5, 0.6) is 0 Å². The van der Waals surface area contributed by atoms with Gasteiger partial charge in [-0.2, -0.15) is 0 Å². The van der Waals surface area contributed by atoms with Crippen molar-refractivity contribution < 1.29 is 9.90 Å². The summed E-state index contributed by atoms with van der Waals surface area (Å²) in [5.74, 6) is 5.37. The van der Waals surface area contributed by atoms with Gasteiger partial charge >= 0.3 is 5.97 Å². The van der Waals surface area contributed by atoms with E-state index >= 15 is 0 Å². The molecule has 0 saturated carbocycles. The average Bonchev–Trinajstić information content (AvgIpc) is 2.35. The maximum atomic E-state index is 11.1. The molecule has 1 aromatic carbocycles. The fourth-order valence-electron chi connectivity index (χ4n) is 1.79. The summed E-state index contributed by atoms with van der Waals surface area (Å²) in [5.41, 5.74) is 2.20. The number of carboxylic acid groups (broad SMARTS) is 1. The zero-order chi connectivity index (χ0) is 13.4. The molecule has 0 aromatic heterocycles. The maximum absolute atomic E-state index is 11.1. The number of hydrogen-bond donors (Lipinski definition) is 1. The van der Waals surface area contributed by atoms with Crippen LogP contribution in [0.25, 0.3) is 0 Å². The number of unbranched alkanes of at least 4 members (excludes halogenated alkanes) is 2. The fraction of sp³-hybridized carbons (Fsp3) is 0.438. The number of hydrogen-bond acceptors (Lipinski definition) is 1. The molecule has 96 valence electrons. The molecule has 2 heteroatoms. The molecule has 0 bridgehead atoms. The Bertz CT molecular complexity index is 464. The van der Waals surface area contributed by atoms with Crippen LogP contribution >= 0.6 is 0 Å². The minimum absolute atomic E-state index is 0.399. The Balaban J connectivity index is 2.91. The van der Waals surface area contributed by atoms with Gasteiger partial charge in [0.2, 0.25) is 0 Å². The van der Waals surface area contributed by atoms with Crippen molar-refractivity contribution in [2.75, 3.05) is 0 Å². The molecule has 0 radical (unpaired) electrons. The molecule has 0 atom stereocenters. The van der Waals surface area contributed by atoms with Crippen LogP contribution in [0.2, 0.25) is 0 Å². The molecule has 1 rings (SSSR count). The zero-order valence-corrected chi connectivity index (χ0v) is 11.1. The number of carboxylic acids is 1. The Labute approximate surface area is 109 Å². The largest absolute Gasteiger partial charge is 0.478 e. The first-order valence-corrected chi connectivity index (χ1v) is 6.54. The van der Waals surface area contributed by atoms with E-state index in [0.29, 0.717) is 5.56 Å². The minimum atomic E-state index is -0.857. The lowest BCUT2D eigenvalue weighted by atomic mass is 10.0. The first kappa shape index (κ1) is 14.3. The Hall–Kier alpha value is -1.75. The molecule has 2 nitrogen and oxygen atoms in total. The van der Waals surface area contributed by atoms with E-state index in [2.05, 4.69) is 18.8 Å². The summed E-state index contributed by atoms with van der Waals surface area (Å²) in [6.45, 7) is 4.19. The molecule has 0 amide bonds. The number of aromatic carboxylic acids is 1. The minimum Gasteiger partial charge on any atom is -0.478 e. The summed E-state index contributed by atoms with van der Waals surface area (Å²) >= 11 is 0. The second-order valence-electron chi connectivity index (χ2n) is 4.33. The highest BCUT2D eigenvalue weighted by molar-refractivity contribution is 5.89. The van der Waals surface area contributed by atoms with E-state index in [0.717, 1.165) is 43.2 Å². The Morgan fingerprint density at radius 1 is 1.28 bits per heavy atom. The van der Waals surface area contributed by atoms with Crippen LogP contribution in [0.3, 0.4) is 0 Å². The third-order valence-corrected chi connectivity index (χ3v) is 2.74. The monoisotopic (exact) mass is 244 g/mol. The summed E-state index contributed by atoms with van der Waals surface area (Å²) in [4.78, 5) is 11.1. The van der Waals surface area contributed by atoms with Crippen molar-refractivity contribution in [2.45, 2.75) is 46.0 Å². The molecule has 0 unspecified atom stereocenters. The third-order valence-electron chi connectivity index (χ3n) is 2.74. The predicted molar refractivity (Wildman–Crippen MR) is 73.8 cm³/mol. The predicted octanol–water partition coefficient (Wildman–Crippen LogP) is 3.88. The zero-order valence-electron chi connectivity index (χ0n) is 11.1. The van der Waals surface area contributed by atoms with Crippen LogP contribution in [0.1, 0.15) is 61.0 Å². The molecule has 0 fully saturated rings. The summed E-state index contributed by atoms with van der Waals surface area (Å²) in [5, 5.41) is 9.09. The topological polar surface area (TPSA) is 37.3 Å². The van der Waals surface area contributed by atoms with Gasteiger partial charge in [0, 0.05) is 12.0 Å². The molecule has 1 N–H and O–H groups in total. The van der Waals surface area contributed by atoms with Crippen LogP contribution in [-0.4, -0.2) is 11.1 Å². The number of carbonyl (C=O) groups is 1. The maximum Gasteiger partial charge on any atom is 0.335 e. The molecule has 1 aromatic rings. The summed E-state index contributed by atoms with van der Waals surface area (Å²) in [7, 11) is 0. The Kier molecular flexibility index (Phi) is 6.00.